The Hall–Kier alpha value is -0.570. The van der Waals surface area contributed by atoms with Crippen molar-refractivity contribution in [2.75, 3.05) is 6.61 Å². The van der Waals surface area contributed by atoms with Crippen molar-refractivity contribution >= 4 is 12.4 Å². The molecule has 15 heavy (non-hydrogen) atoms. The van der Waals surface area contributed by atoms with E-state index in [1.807, 2.05) is 6.07 Å². The molecule has 1 aromatic rings. The van der Waals surface area contributed by atoms with Crippen LogP contribution in [0.1, 0.15) is 35.6 Å². The highest BCUT2D eigenvalue weighted by atomic mass is 35.5. The smallest absolute Gasteiger partial charge is 0.0431 e. The minimum Gasteiger partial charge on any atom is -0.396 e. The number of aliphatic hydroxyl groups is 1. The Kier molecular flexibility index (Phi) is 6.57. The van der Waals surface area contributed by atoms with E-state index in [1.165, 1.54) is 16.7 Å². The highest BCUT2D eigenvalue weighted by molar-refractivity contribution is 5.85. The third kappa shape index (κ3) is 3.82. The highest BCUT2D eigenvalue weighted by Crippen LogP contribution is 2.21. The second-order valence-corrected chi connectivity index (χ2v) is 3.76. The molecular weight excluding hydrogens is 210 g/mol. The number of aliphatic hydroxyl groups excluding tert-OH is 1. The number of aryl methyl sites for hydroxylation is 1. The summed E-state index contributed by atoms with van der Waals surface area (Å²) in [6, 6.07) is 6.26. The summed E-state index contributed by atoms with van der Waals surface area (Å²) in [7, 11) is 0. The standard InChI is InChI=1S/C12H19NO.ClH/c1-9-5-3-6-11(10(9)2)12(13)7-4-8-14;/h3,5-6,12,14H,4,7-8,13H2,1-2H3;1H/t12-;/m1./s1. The first kappa shape index (κ1) is 14.4. The molecule has 0 radical (unpaired) electrons. The van der Waals surface area contributed by atoms with Crippen molar-refractivity contribution in [2.45, 2.75) is 32.7 Å². The average molecular weight is 230 g/mol. The molecule has 0 saturated carbocycles. The lowest BCUT2D eigenvalue weighted by Gasteiger charge is -2.15. The first-order valence-corrected chi connectivity index (χ1v) is 5.09. The summed E-state index contributed by atoms with van der Waals surface area (Å²) < 4.78 is 0. The third-order valence-electron chi connectivity index (χ3n) is 2.72. The maximum absolute atomic E-state index is 8.73. The Morgan fingerprint density at radius 1 is 1.33 bits per heavy atom. The Morgan fingerprint density at radius 3 is 2.60 bits per heavy atom. The average Bonchev–Trinajstić information content (AvgIpc) is 2.18. The van der Waals surface area contributed by atoms with E-state index in [2.05, 4.69) is 26.0 Å². The van der Waals surface area contributed by atoms with Gasteiger partial charge in [0, 0.05) is 12.6 Å². The zero-order valence-corrected chi connectivity index (χ0v) is 10.2. The molecule has 86 valence electrons. The molecule has 0 aromatic heterocycles. The second-order valence-electron chi connectivity index (χ2n) is 3.76. The van der Waals surface area contributed by atoms with Gasteiger partial charge >= 0.3 is 0 Å². The largest absolute Gasteiger partial charge is 0.396 e. The van der Waals surface area contributed by atoms with Crippen molar-refractivity contribution in [3.8, 4) is 0 Å². The van der Waals surface area contributed by atoms with Gasteiger partial charge in [-0.1, -0.05) is 18.2 Å². The molecule has 0 aliphatic carbocycles. The van der Waals surface area contributed by atoms with Gasteiger partial charge in [-0.05, 0) is 43.4 Å². The van der Waals surface area contributed by atoms with Crippen molar-refractivity contribution in [1.29, 1.82) is 0 Å². The SMILES string of the molecule is Cc1cccc([C@H](N)CCCO)c1C.Cl. The molecule has 1 rings (SSSR count). The topological polar surface area (TPSA) is 46.2 Å². The summed E-state index contributed by atoms with van der Waals surface area (Å²) in [5.41, 5.74) is 9.80. The summed E-state index contributed by atoms with van der Waals surface area (Å²) in [4.78, 5) is 0. The van der Waals surface area contributed by atoms with E-state index in [-0.39, 0.29) is 25.1 Å². The number of hydrogen-bond acceptors (Lipinski definition) is 2. The Labute approximate surface area is 97.9 Å². The van der Waals surface area contributed by atoms with Crippen LogP contribution in [0.2, 0.25) is 0 Å². The molecule has 3 heteroatoms. The van der Waals surface area contributed by atoms with E-state index in [0.29, 0.717) is 0 Å². The minimum absolute atomic E-state index is 0. The highest BCUT2D eigenvalue weighted by Gasteiger charge is 2.08. The summed E-state index contributed by atoms with van der Waals surface area (Å²) in [6.45, 7) is 4.42. The van der Waals surface area contributed by atoms with Crippen LogP contribution in [0.15, 0.2) is 18.2 Å². The molecule has 3 N–H and O–H groups in total. The summed E-state index contributed by atoms with van der Waals surface area (Å²) in [6.07, 6.45) is 1.62. The number of benzene rings is 1. The van der Waals surface area contributed by atoms with Gasteiger partial charge in [0.15, 0.2) is 0 Å². The molecular formula is C12H20ClNO. The van der Waals surface area contributed by atoms with Crippen LogP contribution >= 0.6 is 12.4 Å². The Morgan fingerprint density at radius 2 is 2.00 bits per heavy atom. The van der Waals surface area contributed by atoms with Crippen LogP contribution in [0.3, 0.4) is 0 Å². The van der Waals surface area contributed by atoms with Gasteiger partial charge in [0.2, 0.25) is 0 Å². The fourth-order valence-electron chi connectivity index (χ4n) is 1.64. The predicted octanol–water partition coefficient (Wildman–Crippen LogP) is 2.50. The molecule has 1 atom stereocenters. The predicted molar refractivity (Wildman–Crippen MR) is 66.4 cm³/mol. The lowest BCUT2D eigenvalue weighted by atomic mass is 9.95. The molecule has 0 aliphatic rings. The van der Waals surface area contributed by atoms with Crippen LogP contribution in [0, 0.1) is 13.8 Å². The van der Waals surface area contributed by atoms with Crippen LogP contribution in [0.5, 0.6) is 0 Å². The molecule has 0 bridgehead atoms. The van der Waals surface area contributed by atoms with E-state index < -0.39 is 0 Å². The van der Waals surface area contributed by atoms with Crippen molar-refractivity contribution in [3.05, 3.63) is 34.9 Å². The third-order valence-corrected chi connectivity index (χ3v) is 2.72. The van der Waals surface area contributed by atoms with Gasteiger partial charge in [-0.3, -0.25) is 0 Å². The van der Waals surface area contributed by atoms with Crippen LogP contribution < -0.4 is 5.73 Å². The van der Waals surface area contributed by atoms with E-state index in [9.17, 15) is 0 Å². The van der Waals surface area contributed by atoms with Gasteiger partial charge in [-0.15, -0.1) is 12.4 Å². The van der Waals surface area contributed by atoms with Gasteiger partial charge < -0.3 is 10.8 Å². The van der Waals surface area contributed by atoms with Gasteiger partial charge in [0.05, 0.1) is 0 Å². The van der Waals surface area contributed by atoms with Crippen LogP contribution in [0.4, 0.5) is 0 Å². The molecule has 0 fully saturated rings. The van der Waals surface area contributed by atoms with Crippen LogP contribution in [-0.2, 0) is 0 Å². The number of hydrogen-bond donors (Lipinski definition) is 2. The van der Waals surface area contributed by atoms with Crippen molar-refractivity contribution in [3.63, 3.8) is 0 Å². The molecule has 0 unspecified atom stereocenters. The fraction of sp³-hybridized carbons (Fsp3) is 0.500. The van der Waals surface area contributed by atoms with Crippen molar-refractivity contribution < 1.29 is 5.11 Å². The zero-order valence-electron chi connectivity index (χ0n) is 9.36. The maximum Gasteiger partial charge on any atom is 0.0431 e. The van der Waals surface area contributed by atoms with E-state index in [1.54, 1.807) is 0 Å². The van der Waals surface area contributed by atoms with E-state index in [4.69, 9.17) is 10.8 Å². The first-order valence-electron chi connectivity index (χ1n) is 5.09. The maximum atomic E-state index is 8.73. The second kappa shape index (κ2) is 6.83. The van der Waals surface area contributed by atoms with Gasteiger partial charge in [-0.2, -0.15) is 0 Å². The van der Waals surface area contributed by atoms with Gasteiger partial charge in [0.25, 0.3) is 0 Å². The molecule has 0 saturated heterocycles. The Balaban J connectivity index is 0.00000196. The molecule has 0 spiro atoms. The zero-order chi connectivity index (χ0) is 10.6. The number of halogens is 1. The fourth-order valence-corrected chi connectivity index (χ4v) is 1.64. The molecule has 0 amide bonds. The van der Waals surface area contributed by atoms with Gasteiger partial charge in [-0.25, -0.2) is 0 Å². The number of nitrogens with two attached hydrogens (primary N) is 1. The summed E-state index contributed by atoms with van der Waals surface area (Å²) in [5, 5.41) is 8.73. The molecule has 0 heterocycles. The molecule has 2 nitrogen and oxygen atoms in total. The first-order chi connectivity index (χ1) is 6.66. The van der Waals surface area contributed by atoms with E-state index in [0.717, 1.165) is 12.8 Å². The van der Waals surface area contributed by atoms with Crippen LogP contribution in [0.25, 0.3) is 0 Å². The quantitative estimate of drug-likeness (QED) is 0.834. The lowest BCUT2D eigenvalue weighted by Crippen LogP contribution is -2.12. The van der Waals surface area contributed by atoms with Gasteiger partial charge in [0.1, 0.15) is 0 Å². The summed E-state index contributed by atoms with van der Waals surface area (Å²) in [5.74, 6) is 0. The normalized spacial score (nSPS) is 12.0. The minimum atomic E-state index is 0. The molecule has 0 aliphatic heterocycles. The van der Waals surface area contributed by atoms with Crippen molar-refractivity contribution in [1.82, 2.24) is 0 Å². The van der Waals surface area contributed by atoms with Crippen LogP contribution in [-0.4, -0.2) is 11.7 Å². The van der Waals surface area contributed by atoms with Crippen molar-refractivity contribution in [2.24, 2.45) is 5.73 Å². The Bertz CT molecular complexity index is 302. The monoisotopic (exact) mass is 229 g/mol. The molecule has 1 aromatic carbocycles. The summed E-state index contributed by atoms with van der Waals surface area (Å²) >= 11 is 0. The lowest BCUT2D eigenvalue weighted by molar-refractivity contribution is 0.280. The number of rotatable bonds is 4. The van der Waals surface area contributed by atoms with E-state index >= 15 is 0 Å².